The summed E-state index contributed by atoms with van der Waals surface area (Å²) in [5.41, 5.74) is 0.585. The number of benzene rings is 2. The smallest absolute Gasteiger partial charge is 0.231 e. The third-order valence-electron chi connectivity index (χ3n) is 5.45. The highest BCUT2D eigenvalue weighted by molar-refractivity contribution is 7.92. The third-order valence-corrected chi connectivity index (χ3v) is 7.74. The molecule has 6 nitrogen and oxygen atoms in total. The average molecular weight is 399 g/mol. The quantitative estimate of drug-likeness (QED) is 0.741. The van der Waals surface area contributed by atoms with E-state index in [1.165, 1.54) is 0 Å². The van der Waals surface area contributed by atoms with E-state index in [1.54, 1.807) is 42.5 Å². The SMILES string of the molecule is CCOC[C@@]1(C#N)[C@H](c2ccc3c(c2)OCO3)[C@@H]1S(=O)(=O)c1ccc(C)cc1. The molecule has 0 saturated heterocycles. The Kier molecular flexibility index (Phi) is 4.56. The zero-order valence-electron chi connectivity index (χ0n) is 15.7. The summed E-state index contributed by atoms with van der Waals surface area (Å²) in [5, 5.41) is 9.11. The van der Waals surface area contributed by atoms with Gasteiger partial charge in [0.15, 0.2) is 21.3 Å². The van der Waals surface area contributed by atoms with Crippen molar-refractivity contribution in [3.63, 3.8) is 0 Å². The molecule has 0 aromatic heterocycles. The molecule has 4 rings (SSSR count). The monoisotopic (exact) mass is 399 g/mol. The molecule has 1 fully saturated rings. The lowest BCUT2D eigenvalue weighted by atomic mass is 10.0. The van der Waals surface area contributed by atoms with E-state index in [9.17, 15) is 13.7 Å². The molecule has 1 aliphatic carbocycles. The van der Waals surface area contributed by atoms with Gasteiger partial charge in [-0.1, -0.05) is 23.8 Å². The fourth-order valence-electron chi connectivity index (χ4n) is 3.92. The predicted molar refractivity (Wildman–Crippen MR) is 102 cm³/mol. The van der Waals surface area contributed by atoms with Crippen molar-refractivity contribution in [2.75, 3.05) is 20.0 Å². The van der Waals surface area contributed by atoms with E-state index in [4.69, 9.17) is 14.2 Å². The highest BCUT2D eigenvalue weighted by atomic mass is 32.2. The van der Waals surface area contributed by atoms with E-state index in [2.05, 4.69) is 6.07 Å². The van der Waals surface area contributed by atoms with Crippen LogP contribution in [0, 0.1) is 23.7 Å². The second-order valence-corrected chi connectivity index (χ2v) is 9.23. The van der Waals surface area contributed by atoms with Gasteiger partial charge in [0.05, 0.1) is 22.8 Å². The molecular formula is C21H21NO5S. The second kappa shape index (κ2) is 6.80. The lowest BCUT2D eigenvalue weighted by Crippen LogP contribution is -2.19. The first-order valence-electron chi connectivity index (χ1n) is 9.13. The normalized spacial score (nSPS) is 25.3. The zero-order chi connectivity index (χ0) is 19.9. The van der Waals surface area contributed by atoms with Crippen LogP contribution in [-0.2, 0) is 14.6 Å². The lowest BCUT2D eigenvalue weighted by molar-refractivity contribution is 0.117. The van der Waals surface area contributed by atoms with Crippen LogP contribution in [0.5, 0.6) is 11.5 Å². The number of rotatable bonds is 6. The lowest BCUT2D eigenvalue weighted by Gasteiger charge is -2.10. The van der Waals surface area contributed by atoms with Crippen LogP contribution in [0.4, 0.5) is 0 Å². The van der Waals surface area contributed by atoms with Crippen LogP contribution in [-0.4, -0.2) is 33.7 Å². The van der Waals surface area contributed by atoms with Gasteiger partial charge in [0.2, 0.25) is 6.79 Å². The molecule has 0 amide bonds. The van der Waals surface area contributed by atoms with E-state index in [-0.39, 0.29) is 18.3 Å². The van der Waals surface area contributed by atoms with Crippen molar-refractivity contribution in [3.8, 4) is 17.6 Å². The molecule has 2 aromatic carbocycles. The van der Waals surface area contributed by atoms with E-state index in [1.807, 2.05) is 13.8 Å². The van der Waals surface area contributed by atoms with Gasteiger partial charge in [0.1, 0.15) is 5.41 Å². The first-order chi connectivity index (χ1) is 13.4. The Balaban J connectivity index is 1.77. The minimum absolute atomic E-state index is 0.0644. The van der Waals surface area contributed by atoms with Crippen LogP contribution in [0.3, 0.4) is 0 Å². The Hall–Kier alpha value is -2.56. The molecule has 0 unspecified atom stereocenters. The molecule has 3 atom stereocenters. The van der Waals surface area contributed by atoms with Crippen molar-refractivity contribution < 1.29 is 22.6 Å². The van der Waals surface area contributed by atoms with E-state index >= 15 is 0 Å². The van der Waals surface area contributed by atoms with E-state index in [0.717, 1.165) is 11.1 Å². The van der Waals surface area contributed by atoms with Crippen LogP contribution in [0.15, 0.2) is 47.4 Å². The highest BCUT2D eigenvalue weighted by Gasteiger charge is 2.72. The molecule has 0 N–H and O–H groups in total. The van der Waals surface area contributed by atoms with Crippen LogP contribution >= 0.6 is 0 Å². The minimum atomic E-state index is -3.72. The van der Waals surface area contributed by atoms with E-state index in [0.29, 0.717) is 18.1 Å². The summed E-state index contributed by atoms with van der Waals surface area (Å²) in [6.45, 7) is 4.34. The second-order valence-electron chi connectivity index (χ2n) is 7.16. The van der Waals surface area contributed by atoms with Crippen molar-refractivity contribution >= 4 is 9.84 Å². The molecule has 28 heavy (non-hydrogen) atoms. The fourth-order valence-corrected chi connectivity index (χ4v) is 6.23. The van der Waals surface area contributed by atoms with Crippen LogP contribution < -0.4 is 9.47 Å². The maximum absolute atomic E-state index is 13.4. The van der Waals surface area contributed by atoms with Crippen molar-refractivity contribution in [1.29, 1.82) is 5.26 Å². The summed E-state index contributed by atoms with van der Waals surface area (Å²) in [5.74, 6) is 0.693. The van der Waals surface area contributed by atoms with Gasteiger partial charge >= 0.3 is 0 Å². The maximum Gasteiger partial charge on any atom is 0.231 e. The Labute approximate surface area is 164 Å². The number of hydrogen-bond donors (Lipinski definition) is 0. The molecule has 146 valence electrons. The largest absolute Gasteiger partial charge is 0.454 e. The Morgan fingerprint density at radius 1 is 1.18 bits per heavy atom. The van der Waals surface area contributed by atoms with Crippen molar-refractivity contribution in [2.45, 2.75) is 29.9 Å². The molecule has 1 heterocycles. The van der Waals surface area contributed by atoms with Gasteiger partial charge in [-0.05, 0) is 43.7 Å². The van der Waals surface area contributed by atoms with E-state index < -0.39 is 26.4 Å². The maximum atomic E-state index is 13.4. The fraction of sp³-hybridized carbons (Fsp3) is 0.381. The number of sulfone groups is 1. The first-order valence-corrected chi connectivity index (χ1v) is 10.7. The van der Waals surface area contributed by atoms with Gasteiger partial charge in [-0.25, -0.2) is 8.42 Å². The Morgan fingerprint density at radius 2 is 1.89 bits per heavy atom. The van der Waals surface area contributed by atoms with Crippen LogP contribution in [0.2, 0.25) is 0 Å². The minimum Gasteiger partial charge on any atom is -0.454 e. The summed E-state index contributed by atoms with van der Waals surface area (Å²) in [6.07, 6.45) is 0. The Morgan fingerprint density at radius 3 is 2.57 bits per heavy atom. The predicted octanol–water partition coefficient (Wildman–Crippen LogP) is 3.21. The number of aryl methyl sites for hydroxylation is 1. The van der Waals surface area contributed by atoms with Crippen molar-refractivity contribution in [1.82, 2.24) is 0 Å². The van der Waals surface area contributed by atoms with Crippen LogP contribution in [0.1, 0.15) is 24.0 Å². The van der Waals surface area contributed by atoms with Gasteiger partial charge in [-0.2, -0.15) is 5.26 Å². The topological polar surface area (TPSA) is 85.6 Å². The molecular weight excluding hydrogens is 378 g/mol. The molecule has 2 aromatic rings. The van der Waals surface area contributed by atoms with Gasteiger partial charge in [-0.3, -0.25) is 0 Å². The van der Waals surface area contributed by atoms with Gasteiger partial charge in [0.25, 0.3) is 0 Å². The summed E-state index contributed by atoms with van der Waals surface area (Å²) in [6, 6.07) is 14.3. The van der Waals surface area contributed by atoms with Crippen LogP contribution in [0.25, 0.3) is 0 Å². The summed E-state index contributed by atoms with van der Waals surface area (Å²) in [7, 11) is -3.72. The molecule has 0 bridgehead atoms. The molecule has 2 aliphatic rings. The van der Waals surface area contributed by atoms with Gasteiger partial charge in [0, 0.05) is 12.5 Å². The van der Waals surface area contributed by atoms with Gasteiger partial charge < -0.3 is 14.2 Å². The molecule has 0 radical (unpaired) electrons. The summed E-state index contributed by atoms with van der Waals surface area (Å²) < 4.78 is 43.1. The zero-order valence-corrected chi connectivity index (χ0v) is 16.5. The first kappa shape index (κ1) is 18.8. The number of nitriles is 1. The molecule has 0 spiro atoms. The standard InChI is InChI=1S/C21H21NO5S/c1-3-25-12-21(11-22)19(15-6-9-17-18(10-15)27-13-26-17)20(21)28(23,24)16-7-4-14(2)5-8-16/h4-10,19-20H,3,12-13H2,1-2H3/t19-,20+,21+/m1/s1. The molecule has 1 aliphatic heterocycles. The average Bonchev–Trinajstić information content (AvgIpc) is 3.15. The molecule has 1 saturated carbocycles. The third kappa shape index (κ3) is 2.84. The molecule has 7 heteroatoms. The van der Waals surface area contributed by atoms with Crippen molar-refractivity contribution in [2.24, 2.45) is 5.41 Å². The highest BCUT2D eigenvalue weighted by Crippen LogP contribution is 2.64. The number of hydrogen-bond acceptors (Lipinski definition) is 6. The Bertz CT molecular complexity index is 1040. The van der Waals surface area contributed by atoms with Gasteiger partial charge in [-0.15, -0.1) is 0 Å². The number of fused-ring (bicyclic) bond motifs is 1. The summed E-state index contributed by atoms with van der Waals surface area (Å²) in [4.78, 5) is 0.225. The summed E-state index contributed by atoms with van der Waals surface area (Å²) >= 11 is 0. The number of nitrogens with zero attached hydrogens (tertiary/aromatic N) is 1. The van der Waals surface area contributed by atoms with Crippen molar-refractivity contribution in [3.05, 3.63) is 53.6 Å². The number of ether oxygens (including phenoxy) is 3.